The van der Waals surface area contributed by atoms with E-state index in [-0.39, 0.29) is 5.75 Å². The molecule has 0 amide bonds. The number of nitrogens with zero attached hydrogens (tertiary/aromatic N) is 2. The van der Waals surface area contributed by atoms with Gasteiger partial charge in [-0.2, -0.15) is 0 Å². The molecule has 0 aliphatic carbocycles. The maximum atomic E-state index is 9.53. The molecular formula is C18H14N4O2. The third-order valence-electron chi connectivity index (χ3n) is 3.53. The zero-order valence-corrected chi connectivity index (χ0v) is 12.6. The lowest BCUT2D eigenvalue weighted by atomic mass is 10.2. The number of hydrogen-bond acceptors (Lipinski definition) is 6. The van der Waals surface area contributed by atoms with Gasteiger partial charge in [0, 0.05) is 23.2 Å². The van der Waals surface area contributed by atoms with Crippen molar-refractivity contribution in [3.8, 4) is 5.75 Å². The number of aromatic nitrogens is 2. The summed E-state index contributed by atoms with van der Waals surface area (Å²) in [6.07, 6.45) is 3.13. The molecule has 0 unspecified atom stereocenters. The fourth-order valence-corrected chi connectivity index (χ4v) is 2.46. The van der Waals surface area contributed by atoms with Crippen LogP contribution in [0.5, 0.6) is 5.75 Å². The number of phenolic OH excluding ortho intramolecular Hbond substituents is 1. The van der Waals surface area contributed by atoms with Gasteiger partial charge in [0.25, 0.3) is 0 Å². The van der Waals surface area contributed by atoms with E-state index in [0.29, 0.717) is 11.6 Å². The van der Waals surface area contributed by atoms with Gasteiger partial charge in [-0.1, -0.05) is 18.2 Å². The van der Waals surface area contributed by atoms with Gasteiger partial charge < -0.3 is 20.2 Å². The van der Waals surface area contributed by atoms with Gasteiger partial charge in [-0.25, -0.2) is 9.97 Å². The summed E-state index contributed by atoms with van der Waals surface area (Å²) in [4.78, 5) is 8.42. The lowest BCUT2D eigenvalue weighted by Gasteiger charge is -2.09. The molecule has 0 atom stereocenters. The molecule has 0 saturated carbocycles. The molecule has 0 aliphatic heterocycles. The molecule has 6 nitrogen and oxygen atoms in total. The summed E-state index contributed by atoms with van der Waals surface area (Å²) in [5.74, 6) is 1.44. The Balaban J connectivity index is 1.60. The summed E-state index contributed by atoms with van der Waals surface area (Å²) >= 11 is 0. The Morgan fingerprint density at radius 3 is 2.58 bits per heavy atom. The van der Waals surface area contributed by atoms with Crippen LogP contribution in [-0.2, 0) is 0 Å². The third-order valence-corrected chi connectivity index (χ3v) is 3.53. The lowest BCUT2D eigenvalue weighted by molar-refractivity contribution is 0.475. The predicted molar refractivity (Wildman–Crippen MR) is 92.9 cm³/mol. The first-order valence-corrected chi connectivity index (χ1v) is 7.39. The predicted octanol–water partition coefficient (Wildman–Crippen LogP) is 4.42. The Bertz CT molecular complexity index is 997. The van der Waals surface area contributed by atoms with Gasteiger partial charge in [0.1, 0.15) is 23.7 Å². The highest BCUT2D eigenvalue weighted by molar-refractivity contribution is 5.90. The van der Waals surface area contributed by atoms with E-state index in [9.17, 15) is 5.11 Å². The van der Waals surface area contributed by atoms with Crippen LogP contribution < -0.4 is 10.6 Å². The zero-order valence-electron chi connectivity index (χ0n) is 12.6. The number of aromatic hydroxyl groups is 1. The number of phenols is 1. The molecule has 0 radical (unpaired) electrons. The Labute approximate surface area is 137 Å². The first kappa shape index (κ1) is 14.1. The number of benzene rings is 2. The van der Waals surface area contributed by atoms with E-state index in [1.807, 2.05) is 30.3 Å². The van der Waals surface area contributed by atoms with Crippen LogP contribution in [0.25, 0.3) is 11.0 Å². The van der Waals surface area contributed by atoms with Gasteiger partial charge in [-0.3, -0.25) is 0 Å². The Kier molecular flexibility index (Phi) is 3.47. The molecule has 24 heavy (non-hydrogen) atoms. The van der Waals surface area contributed by atoms with Crippen molar-refractivity contribution in [1.82, 2.24) is 9.97 Å². The highest BCUT2D eigenvalue weighted by Crippen LogP contribution is 2.27. The van der Waals surface area contributed by atoms with Crippen molar-refractivity contribution < 1.29 is 9.52 Å². The molecule has 118 valence electrons. The van der Waals surface area contributed by atoms with E-state index >= 15 is 0 Å². The Morgan fingerprint density at radius 2 is 1.71 bits per heavy atom. The van der Waals surface area contributed by atoms with Crippen molar-refractivity contribution in [1.29, 1.82) is 0 Å². The second-order valence-electron chi connectivity index (χ2n) is 5.23. The van der Waals surface area contributed by atoms with Crippen LogP contribution in [0.2, 0.25) is 0 Å². The molecule has 3 N–H and O–H groups in total. The normalized spacial score (nSPS) is 10.7. The van der Waals surface area contributed by atoms with Gasteiger partial charge in [0.15, 0.2) is 5.58 Å². The summed E-state index contributed by atoms with van der Waals surface area (Å²) in [5.41, 5.74) is 2.35. The number of furan rings is 1. The smallest absolute Gasteiger partial charge is 0.157 e. The van der Waals surface area contributed by atoms with Crippen molar-refractivity contribution in [3.63, 3.8) is 0 Å². The molecule has 0 spiro atoms. The largest absolute Gasteiger partial charge is 0.508 e. The van der Waals surface area contributed by atoms with Crippen LogP contribution in [0.15, 0.2) is 71.6 Å². The molecule has 0 aliphatic rings. The van der Waals surface area contributed by atoms with Crippen molar-refractivity contribution in [3.05, 3.63) is 67.2 Å². The molecule has 4 rings (SSSR count). The first-order chi connectivity index (χ1) is 11.8. The summed E-state index contributed by atoms with van der Waals surface area (Å²) < 4.78 is 5.51. The molecule has 4 aromatic rings. The molecule has 0 fully saturated rings. The fraction of sp³-hybridized carbons (Fsp3) is 0. The van der Waals surface area contributed by atoms with Crippen molar-refractivity contribution in [2.45, 2.75) is 0 Å². The van der Waals surface area contributed by atoms with E-state index in [4.69, 9.17) is 4.42 Å². The van der Waals surface area contributed by atoms with Crippen LogP contribution in [-0.4, -0.2) is 15.1 Å². The van der Waals surface area contributed by atoms with Crippen LogP contribution in [0.1, 0.15) is 0 Å². The minimum atomic E-state index is 0.192. The highest BCUT2D eigenvalue weighted by atomic mass is 16.3. The van der Waals surface area contributed by atoms with E-state index in [1.54, 1.807) is 30.5 Å². The van der Waals surface area contributed by atoms with E-state index < -0.39 is 0 Å². The van der Waals surface area contributed by atoms with E-state index in [0.717, 1.165) is 22.3 Å². The minimum Gasteiger partial charge on any atom is -0.508 e. The average Bonchev–Trinajstić information content (AvgIpc) is 3.05. The Hall–Kier alpha value is -3.54. The van der Waals surface area contributed by atoms with Crippen LogP contribution in [0.3, 0.4) is 0 Å². The number of fused-ring (bicyclic) bond motifs is 1. The number of rotatable bonds is 4. The molecule has 0 bridgehead atoms. The minimum absolute atomic E-state index is 0.192. The Morgan fingerprint density at radius 1 is 0.875 bits per heavy atom. The van der Waals surface area contributed by atoms with Gasteiger partial charge in [-0.15, -0.1) is 0 Å². The summed E-state index contributed by atoms with van der Waals surface area (Å²) in [6, 6.07) is 16.4. The van der Waals surface area contributed by atoms with Gasteiger partial charge in [0.05, 0.1) is 12.0 Å². The highest BCUT2D eigenvalue weighted by Gasteiger charge is 2.06. The maximum Gasteiger partial charge on any atom is 0.157 e. The molecule has 2 aromatic heterocycles. The van der Waals surface area contributed by atoms with Crippen LogP contribution in [0.4, 0.5) is 23.0 Å². The second-order valence-corrected chi connectivity index (χ2v) is 5.23. The number of hydrogen-bond donors (Lipinski definition) is 3. The van der Waals surface area contributed by atoms with Crippen molar-refractivity contribution >= 4 is 34.0 Å². The SMILES string of the molecule is Oc1cccc(Nc2cc(Nc3cccc4ccoc34)ncn2)c1. The first-order valence-electron chi connectivity index (χ1n) is 7.39. The topological polar surface area (TPSA) is 83.2 Å². The van der Waals surface area contributed by atoms with Crippen molar-refractivity contribution in [2.75, 3.05) is 10.6 Å². The summed E-state index contributed by atoms with van der Waals surface area (Å²) in [7, 11) is 0. The van der Waals surface area contributed by atoms with Gasteiger partial charge in [0.2, 0.25) is 0 Å². The maximum absolute atomic E-state index is 9.53. The average molecular weight is 318 g/mol. The number of para-hydroxylation sites is 1. The van der Waals surface area contributed by atoms with Crippen molar-refractivity contribution in [2.24, 2.45) is 0 Å². The van der Waals surface area contributed by atoms with Crippen LogP contribution >= 0.6 is 0 Å². The van der Waals surface area contributed by atoms with Gasteiger partial charge in [-0.05, 0) is 24.3 Å². The molecular weight excluding hydrogens is 304 g/mol. The summed E-state index contributed by atoms with van der Waals surface area (Å²) in [5, 5.41) is 16.9. The quantitative estimate of drug-likeness (QED) is 0.517. The molecule has 2 heterocycles. The number of nitrogens with one attached hydrogen (secondary N) is 2. The van der Waals surface area contributed by atoms with Crippen LogP contribution in [0, 0.1) is 0 Å². The molecule has 6 heteroatoms. The summed E-state index contributed by atoms with van der Waals surface area (Å²) in [6.45, 7) is 0. The standard InChI is InChI=1S/C18H14N4O2/c23-14-5-2-4-13(9-14)21-16-10-17(20-11-19-16)22-15-6-1-3-12-7-8-24-18(12)15/h1-11,23H,(H2,19,20,21,22). The third kappa shape index (κ3) is 2.85. The monoisotopic (exact) mass is 318 g/mol. The van der Waals surface area contributed by atoms with E-state index in [1.165, 1.54) is 6.33 Å². The molecule has 0 saturated heterocycles. The second kappa shape index (κ2) is 5.92. The zero-order chi connectivity index (χ0) is 16.4. The fourth-order valence-electron chi connectivity index (χ4n) is 2.46. The lowest BCUT2D eigenvalue weighted by Crippen LogP contribution is -1.98. The number of anilines is 4. The van der Waals surface area contributed by atoms with E-state index in [2.05, 4.69) is 20.6 Å². The molecule has 2 aromatic carbocycles. The van der Waals surface area contributed by atoms with Gasteiger partial charge >= 0.3 is 0 Å².